The zero-order valence-corrected chi connectivity index (χ0v) is 17.0. The molecule has 2 aliphatic rings. The summed E-state index contributed by atoms with van der Waals surface area (Å²) in [6.45, 7) is 1.75. The van der Waals surface area contributed by atoms with Gasteiger partial charge in [0.15, 0.2) is 11.5 Å². The highest BCUT2D eigenvalue weighted by Gasteiger charge is 2.25. The minimum absolute atomic E-state index is 0.0482. The van der Waals surface area contributed by atoms with Crippen LogP contribution in [0.2, 0.25) is 0 Å². The van der Waals surface area contributed by atoms with Crippen LogP contribution in [0.3, 0.4) is 0 Å². The highest BCUT2D eigenvalue weighted by Crippen LogP contribution is 2.40. The number of aromatic nitrogens is 1. The molecule has 1 atom stereocenters. The fourth-order valence-electron chi connectivity index (χ4n) is 3.87. The van der Waals surface area contributed by atoms with Crippen LogP contribution in [-0.2, 0) is 0 Å². The Morgan fingerprint density at radius 1 is 1.14 bits per heavy atom. The Labute approximate surface area is 173 Å². The SMILES string of the molecule is COc1ccc2cc(C(=O)N3CCSC(c4ccc5c(c4)OCO5)CC3)[nH]c2c1. The normalized spacial score (nSPS) is 18.7. The van der Waals surface area contributed by atoms with Gasteiger partial charge in [-0.25, -0.2) is 0 Å². The van der Waals surface area contributed by atoms with Gasteiger partial charge in [0.05, 0.1) is 7.11 Å². The van der Waals surface area contributed by atoms with Gasteiger partial charge in [0.1, 0.15) is 11.4 Å². The lowest BCUT2D eigenvalue weighted by molar-refractivity contribution is 0.0761. The van der Waals surface area contributed by atoms with E-state index in [1.165, 1.54) is 5.56 Å². The second kappa shape index (κ2) is 7.55. The van der Waals surface area contributed by atoms with E-state index in [9.17, 15) is 4.79 Å². The quantitative estimate of drug-likeness (QED) is 0.700. The fraction of sp³-hybridized carbons (Fsp3) is 0.318. The lowest BCUT2D eigenvalue weighted by Crippen LogP contribution is -2.33. The standard InChI is InChI=1S/C22H22N2O4S/c1-26-16-4-2-14-10-18(23-17(14)12-16)22(25)24-7-6-21(29-9-8-24)15-3-5-19-20(11-15)28-13-27-19/h2-5,10-12,21,23H,6-9,13H2,1H3. The number of amides is 1. The van der Waals surface area contributed by atoms with Crippen LogP contribution in [0.1, 0.15) is 27.7 Å². The number of nitrogens with one attached hydrogen (secondary N) is 1. The number of H-pyrrole nitrogens is 1. The Balaban J connectivity index is 1.31. The monoisotopic (exact) mass is 410 g/mol. The highest BCUT2D eigenvalue weighted by molar-refractivity contribution is 7.99. The number of benzene rings is 2. The third-order valence-electron chi connectivity index (χ3n) is 5.46. The number of aromatic amines is 1. The van der Waals surface area contributed by atoms with Gasteiger partial charge in [0.2, 0.25) is 6.79 Å². The molecule has 3 heterocycles. The molecule has 0 spiro atoms. The lowest BCUT2D eigenvalue weighted by atomic mass is 10.1. The van der Waals surface area contributed by atoms with Gasteiger partial charge in [-0.15, -0.1) is 0 Å². The van der Waals surface area contributed by atoms with Gasteiger partial charge in [-0.05, 0) is 42.3 Å². The molecule has 1 saturated heterocycles. The van der Waals surface area contributed by atoms with Crippen molar-refractivity contribution in [3.05, 3.63) is 53.7 Å². The topological polar surface area (TPSA) is 63.8 Å². The second-order valence-electron chi connectivity index (χ2n) is 7.19. The smallest absolute Gasteiger partial charge is 0.270 e. The van der Waals surface area contributed by atoms with E-state index in [0.29, 0.717) is 10.9 Å². The van der Waals surface area contributed by atoms with E-state index in [0.717, 1.165) is 53.4 Å². The van der Waals surface area contributed by atoms with Crippen molar-refractivity contribution < 1.29 is 19.0 Å². The van der Waals surface area contributed by atoms with E-state index in [4.69, 9.17) is 14.2 Å². The molecule has 0 radical (unpaired) electrons. The first-order valence-corrected chi connectivity index (χ1v) is 10.7. The first kappa shape index (κ1) is 18.2. The summed E-state index contributed by atoms with van der Waals surface area (Å²) in [5.41, 5.74) is 2.76. The molecule has 5 rings (SSSR count). The van der Waals surface area contributed by atoms with Crippen LogP contribution in [-0.4, -0.2) is 48.5 Å². The second-order valence-corrected chi connectivity index (χ2v) is 8.50. The van der Waals surface area contributed by atoms with Gasteiger partial charge < -0.3 is 24.1 Å². The van der Waals surface area contributed by atoms with Gasteiger partial charge in [-0.3, -0.25) is 4.79 Å². The average molecular weight is 410 g/mol. The fourth-order valence-corrected chi connectivity index (χ4v) is 5.09. The molecule has 2 aromatic carbocycles. The number of hydrogen-bond acceptors (Lipinski definition) is 5. The summed E-state index contributed by atoms with van der Waals surface area (Å²) in [7, 11) is 1.64. The van der Waals surface area contributed by atoms with Crippen molar-refractivity contribution >= 4 is 28.6 Å². The molecule has 29 heavy (non-hydrogen) atoms. The number of hydrogen-bond donors (Lipinski definition) is 1. The van der Waals surface area contributed by atoms with Gasteiger partial charge in [0.25, 0.3) is 5.91 Å². The number of ether oxygens (including phenoxy) is 3. The Kier molecular flexibility index (Phi) is 4.75. The van der Waals surface area contributed by atoms with Crippen LogP contribution in [0.4, 0.5) is 0 Å². The van der Waals surface area contributed by atoms with Crippen molar-refractivity contribution in [2.45, 2.75) is 11.7 Å². The number of carbonyl (C=O) groups excluding carboxylic acids is 1. The summed E-state index contributed by atoms with van der Waals surface area (Å²) >= 11 is 1.89. The Bertz CT molecular complexity index is 1060. The maximum atomic E-state index is 13.1. The zero-order chi connectivity index (χ0) is 19.8. The minimum Gasteiger partial charge on any atom is -0.497 e. The molecule has 1 unspecified atom stereocenters. The molecule has 1 aromatic heterocycles. The number of methoxy groups -OCH3 is 1. The predicted octanol–water partition coefficient (Wildman–Crippen LogP) is 4.23. The maximum Gasteiger partial charge on any atom is 0.270 e. The van der Waals surface area contributed by atoms with Crippen molar-refractivity contribution in [1.29, 1.82) is 0 Å². The molecule has 1 N–H and O–H groups in total. The largest absolute Gasteiger partial charge is 0.497 e. The van der Waals surface area contributed by atoms with Gasteiger partial charge in [0, 0.05) is 41.1 Å². The Morgan fingerprint density at radius 2 is 2.03 bits per heavy atom. The molecule has 1 fully saturated rings. The summed E-state index contributed by atoms with van der Waals surface area (Å²) < 4.78 is 16.2. The lowest BCUT2D eigenvalue weighted by Gasteiger charge is -2.19. The molecule has 1 amide bonds. The molecule has 3 aromatic rings. The molecular formula is C22H22N2O4S. The van der Waals surface area contributed by atoms with Crippen LogP contribution in [0, 0.1) is 0 Å². The van der Waals surface area contributed by atoms with Gasteiger partial charge >= 0.3 is 0 Å². The summed E-state index contributed by atoms with van der Waals surface area (Å²) in [5, 5.41) is 1.35. The van der Waals surface area contributed by atoms with Crippen LogP contribution in [0.5, 0.6) is 17.2 Å². The third kappa shape index (κ3) is 3.51. The predicted molar refractivity (Wildman–Crippen MR) is 113 cm³/mol. The van der Waals surface area contributed by atoms with E-state index < -0.39 is 0 Å². The number of fused-ring (bicyclic) bond motifs is 2. The van der Waals surface area contributed by atoms with Crippen LogP contribution in [0.25, 0.3) is 10.9 Å². The number of carbonyl (C=O) groups is 1. The number of thioether (sulfide) groups is 1. The number of rotatable bonds is 3. The van der Waals surface area contributed by atoms with Crippen molar-refractivity contribution in [2.24, 2.45) is 0 Å². The van der Waals surface area contributed by atoms with Crippen LogP contribution < -0.4 is 14.2 Å². The molecule has 150 valence electrons. The summed E-state index contributed by atoms with van der Waals surface area (Å²) in [5.74, 6) is 3.34. The minimum atomic E-state index is 0.0482. The first-order chi connectivity index (χ1) is 14.2. The molecule has 0 aliphatic carbocycles. The molecule has 7 heteroatoms. The van der Waals surface area contributed by atoms with Crippen molar-refractivity contribution in [1.82, 2.24) is 9.88 Å². The average Bonchev–Trinajstić information content (AvgIpc) is 3.32. The van der Waals surface area contributed by atoms with E-state index in [1.54, 1.807) is 7.11 Å². The van der Waals surface area contributed by atoms with Crippen LogP contribution >= 0.6 is 11.8 Å². The summed E-state index contributed by atoms with van der Waals surface area (Å²) in [6.07, 6.45) is 0.907. The van der Waals surface area contributed by atoms with Crippen molar-refractivity contribution in [3.63, 3.8) is 0 Å². The van der Waals surface area contributed by atoms with Crippen LogP contribution in [0.15, 0.2) is 42.5 Å². The first-order valence-electron chi connectivity index (χ1n) is 9.68. The van der Waals surface area contributed by atoms with E-state index in [2.05, 4.69) is 17.1 Å². The summed E-state index contributed by atoms with van der Waals surface area (Å²) in [4.78, 5) is 18.3. The van der Waals surface area contributed by atoms with E-state index in [-0.39, 0.29) is 12.7 Å². The molecule has 0 saturated carbocycles. The highest BCUT2D eigenvalue weighted by atomic mass is 32.2. The molecule has 2 aliphatic heterocycles. The summed E-state index contributed by atoms with van der Waals surface area (Å²) in [6, 6.07) is 13.9. The Hall–Kier alpha value is -2.80. The van der Waals surface area contributed by atoms with Gasteiger partial charge in [-0.1, -0.05) is 6.07 Å². The van der Waals surface area contributed by atoms with Crippen molar-refractivity contribution in [3.8, 4) is 17.2 Å². The van der Waals surface area contributed by atoms with Gasteiger partial charge in [-0.2, -0.15) is 11.8 Å². The molecular weight excluding hydrogens is 388 g/mol. The Morgan fingerprint density at radius 3 is 2.93 bits per heavy atom. The maximum absolute atomic E-state index is 13.1. The molecule has 0 bridgehead atoms. The number of nitrogens with zero attached hydrogens (tertiary/aromatic N) is 1. The molecule has 6 nitrogen and oxygen atoms in total. The van der Waals surface area contributed by atoms with E-state index >= 15 is 0 Å². The van der Waals surface area contributed by atoms with E-state index in [1.807, 2.05) is 47.0 Å². The zero-order valence-electron chi connectivity index (χ0n) is 16.1. The third-order valence-corrected chi connectivity index (χ3v) is 6.79. The van der Waals surface area contributed by atoms with Crippen molar-refractivity contribution in [2.75, 3.05) is 32.7 Å².